The van der Waals surface area contributed by atoms with Crippen molar-refractivity contribution in [3.63, 3.8) is 0 Å². The zero-order chi connectivity index (χ0) is 8.69. The molecule has 0 aromatic rings. The number of nitrogens with zero attached hydrogens (tertiary/aromatic N) is 1. The number of carbonyl (C=O) groups excluding carboxylic acids is 1. The van der Waals surface area contributed by atoms with Crippen LogP contribution in [0.25, 0.3) is 0 Å². The van der Waals surface area contributed by atoms with Gasteiger partial charge in [0.1, 0.15) is 6.61 Å². The summed E-state index contributed by atoms with van der Waals surface area (Å²) in [4.78, 5) is 10.5. The molecule has 0 heterocycles. The Morgan fingerprint density at radius 2 is 2.45 bits per heavy atom. The first-order chi connectivity index (χ1) is 5.22. The van der Waals surface area contributed by atoms with Crippen molar-refractivity contribution in [1.82, 2.24) is 0 Å². The van der Waals surface area contributed by atoms with E-state index in [1.165, 1.54) is 0 Å². The normalized spacial score (nSPS) is 10.4. The molecule has 0 spiro atoms. The number of hydrogen-bond acceptors (Lipinski definition) is 4. The standard InChI is InChI=1S/C6H6ClNO3/c1-2-3-4-11-6(9)5(7)8-10/h1,10H,3-4H2/b8-5-. The molecule has 0 saturated carbocycles. The third-order valence-electron chi connectivity index (χ3n) is 0.736. The summed E-state index contributed by atoms with van der Waals surface area (Å²) in [5.74, 6) is 1.37. The maximum absolute atomic E-state index is 10.5. The largest absolute Gasteiger partial charge is 0.459 e. The van der Waals surface area contributed by atoms with E-state index in [0.717, 1.165) is 0 Å². The number of ether oxygens (including phenoxy) is 1. The summed E-state index contributed by atoms with van der Waals surface area (Å²) < 4.78 is 4.43. The van der Waals surface area contributed by atoms with Gasteiger partial charge >= 0.3 is 5.97 Å². The first-order valence-corrected chi connectivity index (χ1v) is 3.08. The van der Waals surface area contributed by atoms with Crippen LogP contribution in [0.15, 0.2) is 5.16 Å². The Hall–Kier alpha value is -1.21. The highest BCUT2D eigenvalue weighted by atomic mass is 35.5. The summed E-state index contributed by atoms with van der Waals surface area (Å²) in [5.41, 5.74) is 0. The minimum absolute atomic E-state index is 0.0705. The molecular formula is C6H6ClNO3. The van der Waals surface area contributed by atoms with E-state index in [0.29, 0.717) is 6.42 Å². The number of carbonyl (C=O) groups is 1. The molecule has 0 aromatic carbocycles. The van der Waals surface area contributed by atoms with Gasteiger partial charge < -0.3 is 9.94 Å². The third-order valence-corrected chi connectivity index (χ3v) is 0.966. The monoisotopic (exact) mass is 175 g/mol. The molecule has 0 aliphatic rings. The summed E-state index contributed by atoms with van der Waals surface area (Å²) in [6, 6.07) is 0. The Balaban J connectivity index is 3.64. The molecule has 0 fully saturated rings. The SMILES string of the molecule is C#CCCOC(=O)/C(Cl)=N/O. The molecule has 0 rings (SSSR count). The zero-order valence-corrected chi connectivity index (χ0v) is 6.34. The molecule has 0 aliphatic carbocycles. The Bertz CT molecular complexity index is 206. The van der Waals surface area contributed by atoms with Crippen LogP contribution in [0, 0.1) is 12.3 Å². The van der Waals surface area contributed by atoms with Crippen LogP contribution in [0.2, 0.25) is 0 Å². The second-order valence-electron chi connectivity index (χ2n) is 1.48. The second-order valence-corrected chi connectivity index (χ2v) is 1.84. The fraction of sp³-hybridized carbons (Fsp3) is 0.333. The van der Waals surface area contributed by atoms with Crippen LogP contribution in [0.1, 0.15) is 6.42 Å². The highest BCUT2D eigenvalue weighted by molar-refractivity contribution is 6.81. The number of hydrogen-bond donors (Lipinski definition) is 1. The molecule has 0 amide bonds. The van der Waals surface area contributed by atoms with Crippen molar-refractivity contribution in [2.24, 2.45) is 5.16 Å². The van der Waals surface area contributed by atoms with Crippen molar-refractivity contribution in [3.8, 4) is 12.3 Å². The predicted molar refractivity (Wildman–Crippen MR) is 39.5 cm³/mol. The molecule has 4 nitrogen and oxygen atoms in total. The van der Waals surface area contributed by atoms with E-state index >= 15 is 0 Å². The molecule has 0 saturated heterocycles. The molecule has 0 aliphatic heterocycles. The molecule has 60 valence electrons. The highest BCUT2D eigenvalue weighted by Gasteiger charge is 2.08. The molecule has 0 bridgehead atoms. The average Bonchev–Trinajstić information content (AvgIpc) is 2.03. The van der Waals surface area contributed by atoms with E-state index in [1.807, 2.05) is 0 Å². The van der Waals surface area contributed by atoms with Gasteiger partial charge in [0.25, 0.3) is 5.17 Å². The van der Waals surface area contributed by atoms with Gasteiger partial charge in [0, 0.05) is 6.42 Å². The van der Waals surface area contributed by atoms with Crippen molar-refractivity contribution in [1.29, 1.82) is 0 Å². The summed E-state index contributed by atoms with van der Waals surface area (Å²) in [5, 5.41) is 9.79. The van der Waals surface area contributed by atoms with E-state index in [4.69, 9.17) is 23.2 Å². The quantitative estimate of drug-likeness (QED) is 0.171. The Labute approximate surface area is 68.8 Å². The molecule has 1 N–H and O–H groups in total. The molecule has 0 atom stereocenters. The van der Waals surface area contributed by atoms with Crippen molar-refractivity contribution >= 4 is 22.7 Å². The van der Waals surface area contributed by atoms with E-state index < -0.39 is 11.1 Å². The lowest BCUT2D eigenvalue weighted by molar-refractivity contribution is -0.135. The fourth-order valence-corrected chi connectivity index (χ4v) is 0.358. The smallest absolute Gasteiger partial charge is 0.372 e. The minimum Gasteiger partial charge on any atom is -0.459 e. The van der Waals surface area contributed by atoms with Crippen molar-refractivity contribution in [3.05, 3.63) is 0 Å². The maximum Gasteiger partial charge on any atom is 0.372 e. The number of esters is 1. The van der Waals surface area contributed by atoms with Crippen LogP contribution >= 0.6 is 11.6 Å². The number of halogens is 1. The molecular weight excluding hydrogens is 170 g/mol. The highest BCUT2D eigenvalue weighted by Crippen LogP contribution is 1.90. The number of oxime groups is 1. The summed E-state index contributed by atoms with van der Waals surface area (Å²) >= 11 is 5.07. The minimum atomic E-state index is -0.885. The first-order valence-electron chi connectivity index (χ1n) is 2.70. The fourth-order valence-electron chi connectivity index (χ4n) is 0.303. The lowest BCUT2D eigenvalue weighted by Gasteiger charge is -1.97. The van der Waals surface area contributed by atoms with Gasteiger partial charge in [-0.3, -0.25) is 0 Å². The topological polar surface area (TPSA) is 58.9 Å². The van der Waals surface area contributed by atoms with Crippen molar-refractivity contribution in [2.45, 2.75) is 6.42 Å². The first kappa shape index (κ1) is 9.79. The Morgan fingerprint density at radius 1 is 1.82 bits per heavy atom. The van der Waals surface area contributed by atoms with Gasteiger partial charge in [0.05, 0.1) is 0 Å². The van der Waals surface area contributed by atoms with Gasteiger partial charge in [-0.05, 0) is 0 Å². The van der Waals surface area contributed by atoms with E-state index in [9.17, 15) is 4.79 Å². The van der Waals surface area contributed by atoms with Crippen LogP contribution in [-0.2, 0) is 9.53 Å². The van der Waals surface area contributed by atoms with Crippen molar-refractivity contribution < 1.29 is 14.7 Å². The van der Waals surface area contributed by atoms with Crippen molar-refractivity contribution in [2.75, 3.05) is 6.61 Å². The van der Waals surface area contributed by atoms with Crippen LogP contribution in [0.5, 0.6) is 0 Å². The van der Waals surface area contributed by atoms with Crippen LogP contribution < -0.4 is 0 Å². The maximum atomic E-state index is 10.5. The number of rotatable bonds is 3. The zero-order valence-electron chi connectivity index (χ0n) is 5.58. The van der Waals surface area contributed by atoms with E-state index in [2.05, 4.69) is 15.8 Å². The molecule has 11 heavy (non-hydrogen) atoms. The lowest BCUT2D eigenvalue weighted by atomic mass is 10.5. The summed E-state index contributed by atoms with van der Waals surface area (Å²) in [6.07, 6.45) is 5.18. The summed E-state index contributed by atoms with van der Waals surface area (Å²) in [7, 11) is 0. The van der Waals surface area contributed by atoms with Crippen LogP contribution in [-0.4, -0.2) is 23.0 Å². The van der Waals surface area contributed by atoms with Crippen LogP contribution in [0.4, 0.5) is 0 Å². The van der Waals surface area contributed by atoms with Crippen LogP contribution in [0.3, 0.4) is 0 Å². The van der Waals surface area contributed by atoms with Gasteiger partial charge in [-0.15, -0.1) is 12.3 Å². The molecule has 0 radical (unpaired) electrons. The van der Waals surface area contributed by atoms with E-state index in [-0.39, 0.29) is 6.61 Å². The molecule has 0 unspecified atom stereocenters. The summed E-state index contributed by atoms with van der Waals surface area (Å²) in [6.45, 7) is 0.0705. The second kappa shape index (κ2) is 5.57. The third kappa shape index (κ3) is 4.23. The Morgan fingerprint density at radius 3 is 2.91 bits per heavy atom. The van der Waals surface area contributed by atoms with Gasteiger partial charge in [0.15, 0.2) is 0 Å². The number of terminal acetylenes is 1. The molecule has 5 heteroatoms. The van der Waals surface area contributed by atoms with E-state index in [1.54, 1.807) is 0 Å². The van der Waals surface area contributed by atoms with Gasteiger partial charge in [0.2, 0.25) is 0 Å². The van der Waals surface area contributed by atoms with Gasteiger partial charge in [-0.25, -0.2) is 4.79 Å². The predicted octanol–water partition coefficient (Wildman–Crippen LogP) is 0.579. The lowest BCUT2D eigenvalue weighted by Crippen LogP contribution is -2.12. The molecule has 0 aromatic heterocycles. The average molecular weight is 176 g/mol. The Kier molecular flexibility index (Phi) is 4.95. The van der Waals surface area contributed by atoms with Gasteiger partial charge in [-0.2, -0.15) is 0 Å². The van der Waals surface area contributed by atoms with Gasteiger partial charge in [-0.1, -0.05) is 16.8 Å².